The molecule has 122 valence electrons. The Balaban J connectivity index is 1.67. The van der Waals surface area contributed by atoms with E-state index in [1.807, 2.05) is 31.4 Å². The van der Waals surface area contributed by atoms with E-state index in [9.17, 15) is 4.79 Å². The van der Waals surface area contributed by atoms with E-state index in [4.69, 9.17) is 4.74 Å². The van der Waals surface area contributed by atoms with Crippen molar-refractivity contribution in [2.75, 3.05) is 31.2 Å². The molecule has 1 saturated heterocycles. The number of thiophene rings is 1. The molecule has 0 unspecified atom stereocenters. The molecule has 1 aliphatic rings. The number of carbonyl (C=O) groups is 1. The van der Waals surface area contributed by atoms with Gasteiger partial charge in [0.25, 0.3) is 5.91 Å². The zero-order valence-corrected chi connectivity index (χ0v) is 14.2. The Hall–Kier alpha value is -1.99. The highest BCUT2D eigenvalue weighted by Gasteiger charge is 2.15. The van der Waals surface area contributed by atoms with E-state index in [-0.39, 0.29) is 5.91 Å². The van der Waals surface area contributed by atoms with E-state index in [1.54, 1.807) is 0 Å². The minimum Gasteiger partial charge on any atom is -0.378 e. The molecular formula is C16H20N4O2S. The fraction of sp³-hybridized carbons (Fsp3) is 0.438. The Morgan fingerprint density at radius 2 is 2.09 bits per heavy atom. The summed E-state index contributed by atoms with van der Waals surface area (Å²) < 4.78 is 5.37. The number of hydrogen-bond acceptors (Lipinski definition) is 6. The van der Waals surface area contributed by atoms with E-state index in [0.717, 1.165) is 30.2 Å². The summed E-state index contributed by atoms with van der Waals surface area (Å²) in [4.78, 5) is 24.0. The number of rotatable bonds is 4. The fourth-order valence-corrected chi connectivity index (χ4v) is 3.26. The topological polar surface area (TPSA) is 67.4 Å². The summed E-state index contributed by atoms with van der Waals surface area (Å²) in [6, 6.07) is 3.86. The molecule has 0 saturated carbocycles. The average molecular weight is 332 g/mol. The van der Waals surface area contributed by atoms with Crippen molar-refractivity contribution < 1.29 is 9.53 Å². The van der Waals surface area contributed by atoms with Gasteiger partial charge in [-0.1, -0.05) is 0 Å². The van der Waals surface area contributed by atoms with Crippen LogP contribution in [-0.4, -0.2) is 42.2 Å². The number of nitrogens with zero attached hydrogens (tertiary/aromatic N) is 3. The third kappa shape index (κ3) is 4.05. The monoisotopic (exact) mass is 332 g/mol. The summed E-state index contributed by atoms with van der Waals surface area (Å²) in [6.45, 7) is 7.34. The van der Waals surface area contributed by atoms with Crippen LogP contribution in [0.2, 0.25) is 0 Å². The van der Waals surface area contributed by atoms with Gasteiger partial charge in [-0.2, -0.15) is 0 Å². The van der Waals surface area contributed by atoms with Crippen molar-refractivity contribution in [3.8, 4) is 0 Å². The summed E-state index contributed by atoms with van der Waals surface area (Å²) in [6.07, 6.45) is 0. The first-order chi connectivity index (χ1) is 11.1. The molecule has 0 bridgehead atoms. The first-order valence-corrected chi connectivity index (χ1v) is 8.50. The van der Waals surface area contributed by atoms with Crippen molar-refractivity contribution in [2.45, 2.75) is 20.4 Å². The lowest BCUT2D eigenvalue weighted by molar-refractivity contribution is 0.0954. The van der Waals surface area contributed by atoms with Crippen LogP contribution in [0.3, 0.4) is 0 Å². The second-order valence-corrected chi connectivity index (χ2v) is 6.47. The van der Waals surface area contributed by atoms with Gasteiger partial charge in [0.05, 0.1) is 24.6 Å². The Labute approximate surface area is 139 Å². The summed E-state index contributed by atoms with van der Waals surface area (Å²) >= 11 is 1.45. The first kappa shape index (κ1) is 15.9. The molecule has 3 heterocycles. The summed E-state index contributed by atoms with van der Waals surface area (Å²) in [5, 5.41) is 4.86. The van der Waals surface area contributed by atoms with Crippen LogP contribution in [-0.2, 0) is 11.3 Å². The maximum Gasteiger partial charge on any atom is 0.261 e. The lowest BCUT2D eigenvalue weighted by Gasteiger charge is -2.28. The van der Waals surface area contributed by atoms with E-state index >= 15 is 0 Å². The van der Waals surface area contributed by atoms with Crippen molar-refractivity contribution in [2.24, 2.45) is 0 Å². The van der Waals surface area contributed by atoms with E-state index in [0.29, 0.717) is 30.5 Å². The van der Waals surface area contributed by atoms with Crippen molar-refractivity contribution in [1.82, 2.24) is 15.3 Å². The molecule has 0 spiro atoms. The molecule has 23 heavy (non-hydrogen) atoms. The SMILES string of the molecule is Cc1csc(C(=O)NCc2nc(C)cc(N3CCOCC3)n2)c1. The van der Waals surface area contributed by atoms with Crippen LogP contribution in [0.5, 0.6) is 0 Å². The molecule has 2 aromatic rings. The lowest BCUT2D eigenvalue weighted by atomic mass is 10.3. The normalized spacial score (nSPS) is 14.8. The number of nitrogens with one attached hydrogen (secondary N) is 1. The largest absolute Gasteiger partial charge is 0.378 e. The lowest BCUT2D eigenvalue weighted by Crippen LogP contribution is -2.37. The number of aryl methyl sites for hydroxylation is 2. The maximum atomic E-state index is 12.1. The number of amides is 1. The van der Waals surface area contributed by atoms with Crippen molar-refractivity contribution >= 4 is 23.1 Å². The van der Waals surface area contributed by atoms with E-state index in [1.165, 1.54) is 11.3 Å². The summed E-state index contributed by atoms with van der Waals surface area (Å²) in [7, 11) is 0. The molecule has 1 amide bonds. The molecule has 0 aliphatic carbocycles. The number of anilines is 1. The molecule has 1 aliphatic heterocycles. The third-order valence-corrected chi connectivity index (χ3v) is 4.63. The Kier molecular flexibility index (Phi) is 4.88. The molecule has 0 aromatic carbocycles. The molecule has 2 aromatic heterocycles. The van der Waals surface area contributed by atoms with E-state index < -0.39 is 0 Å². The van der Waals surface area contributed by atoms with Gasteiger partial charge in [0.2, 0.25) is 0 Å². The summed E-state index contributed by atoms with van der Waals surface area (Å²) in [5.74, 6) is 1.45. The van der Waals surface area contributed by atoms with Crippen molar-refractivity contribution in [3.05, 3.63) is 39.5 Å². The van der Waals surface area contributed by atoms with Crippen LogP contribution in [0.4, 0.5) is 5.82 Å². The van der Waals surface area contributed by atoms with E-state index in [2.05, 4.69) is 20.2 Å². The second-order valence-electron chi connectivity index (χ2n) is 5.55. The van der Waals surface area contributed by atoms with Crippen LogP contribution in [0.1, 0.15) is 26.8 Å². The number of morpholine rings is 1. The highest BCUT2D eigenvalue weighted by atomic mass is 32.1. The van der Waals surface area contributed by atoms with Gasteiger partial charge in [-0.05, 0) is 30.9 Å². The molecule has 6 nitrogen and oxygen atoms in total. The van der Waals surface area contributed by atoms with Crippen LogP contribution in [0.15, 0.2) is 17.5 Å². The molecule has 1 N–H and O–H groups in total. The molecule has 0 radical (unpaired) electrons. The van der Waals surface area contributed by atoms with Crippen molar-refractivity contribution in [3.63, 3.8) is 0 Å². The van der Waals surface area contributed by atoms with Gasteiger partial charge < -0.3 is 15.0 Å². The summed E-state index contributed by atoms with van der Waals surface area (Å²) in [5.41, 5.74) is 2.00. The predicted molar refractivity (Wildman–Crippen MR) is 90.0 cm³/mol. The van der Waals surface area contributed by atoms with Crippen LogP contribution >= 0.6 is 11.3 Å². The minimum absolute atomic E-state index is 0.0823. The fourth-order valence-electron chi connectivity index (χ4n) is 2.44. The van der Waals surface area contributed by atoms with Gasteiger partial charge in [-0.25, -0.2) is 9.97 Å². The standard InChI is InChI=1S/C16H20N4O2S/c1-11-7-13(23-10-11)16(21)17-9-14-18-12(2)8-15(19-14)20-3-5-22-6-4-20/h7-8,10H,3-6,9H2,1-2H3,(H,17,21). The van der Waals surface area contributed by atoms with Gasteiger partial charge in [-0.3, -0.25) is 4.79 Å². The van der Waals surface area contributed by atoms with Gasteiger partial charge in [-0.15, -0.1) is 11.3 Å². The zero-order valence-electron chi connectivity index (χ0n) is 13.3. The van der Waals surface area contributed by atoms with Crippen molar-refractivity contribution in [1.29, 1.82) is 0 Å². The van der Waals surface area contributed by atoms with Crippen LogP contribution < -0.4 is 10.2 Å². The highest BCUT2D eigenvalue weighted by molar-refractivity contribution is 7.12. The van der Waals surface area contributed by atoms with Crippen LogP contribution in [0.25, 0.3) is 0 Å². The Bertz CT molecular complexity index is 695. The molecule has 1 fully saturated rings. The Morgan fingerprint density at radius 3 is 2.78 bits per heavy atom. The van der Waals surface area contributed by atoms with Gasteiger partial charge >= 0.3 is 0 Å². The minimum atomic E-state index is -0.0823. The van der Waals surface area contributed by atoms with Gasteiger partial charge in [0, 0.05) is 24.8 Å². The number of ether oxygens (including phenoxy) is 1. The van der Waals surface area contributed by atoms with Gasteiger partial charge in [0.1, 0.15) is 11.6 Å². The highest BCUT2D eigenvalue weighted by Crippen LogP contribution is 2.15. The maximum absolute atomic E-state index is 12.1. The number of hydrogen-bond donors (Lipinski definition) is 1. The molecular weight excluding hydrogens is 312 g/mol. The molecule has 7 heteroatoms. The quantitative estimate of drug-likeness (QED) is 0.926. The van der Waals surface area contributed by atoms with Crippen LogP contribution in [0, 0.1) is 13.8 Å². The van der Waals surface area contributed by atoms with Gasteiger partial charge in [0.15, 0.2) is 0 Å². The first-order valence-electron chi connectivity index (χ1n) is 7.62. The third-order valence-electron chi connectivity index (χ3n) is 3.58. The second kappa shape index (κ2) is 7.06. The zero-order chi connectivity index (χ0) is 16.2. The number of aromatic nitrogens is 2. The predicted octanol–water partition coefficient (Wildman–Crippen LogP) is 1.92. The Morgan fingerprint density at radius 1 is 1.30 bits per heavy atom. The average Bonchev–Trinajstić information content (AvgIpc) is 2.99. The number of carbonyl (C=O) groups excluding carboxylic acids is 1. The smallest absolute Gasteiger partial charge is 0.261 e. The molecule has 0 atom stereocenters. The molecule has 3 rings (SSSR count).